The number of aromatic nitrogens is 1. The van der Waals surface area contributed by atoms with E-state index in [2.05, 4.69) is 179 Å². The fourth-order valence-electron chi connectivity index (χ4n) is 8.36. The molecule has 2 aliphatic rings. The molecule has 2 heteroatoms. The molecule has 1 aliphatic carbocycles. The van der Waals surface area contributed by atoms with E-state index >= 15 is 0 Å². The molecule has 46 heavy (non-hydrogen) atoms. The van der Waals surface area contributed by atoms with Crippen molar-refractivity contribution in [1.29, 1.82) is 0 Å². The first kappa shape index (κ1) is 25.5. The molecule has 0 spiro atoms. The molecule has 216 valence electrons. The van der Waals surface area contributed by atoms with Crippen molar-refractivity contribution in [2.24, 2.45) is 0 Å². The standard InChI is InChI=1S/C44H30N2/c1-3-15-29(16-4-1)41-31-19-7-9-21-33(31)44(34-22-10-8-20-32(34)41)46-38-26-14-12-24-36(38)43-40(46)28-27-39-42(43)35-23-11-13-25-37(35)45(39)30-17-5-2-6-18-30/h1-28,39,42H. The van der Waals surface area contributed by atoms with Gasteiger partial charge in [-0.25, -0.2) is 0 Å². The van der Waals surface area contributed by atoms with Crippen LogP contribution in [-0.2, 0) is 0 Å². The SMILES string of the molecule is C1=CC2C(c3ccccc3N2c2ccccc2)c2c1n(-c1c3ccccc3c(-c3ccccc3)c3ccccc13)c1ccccc21. The van der Waals surface area contributed by atoms with E-state index in [1.807, 2.05) is 0 Å². The van der Waals surface area contributed by atoms with Crippen molar-refractivity contribution in [3.63, 3.8) is 0 Å². The summed E-state index contributed by atoms with van der Waals surface area (Å²) in [4.78, 5) is 2.53. The maximum atomic E-state index is 2.56. The third-order valence-corrected chi connectivity index (χ3v) is 10.1. The van der Waals surface area contributed by atoms with Crippen LogP contribution in [0.4, 0.5) is 11.4 Å². The topological polar surface area (TPSA) is 8.17 Å². The maximum Gasteiger partial charge on any atom is 0.0637 e. The predicted molar refractivity (Wildman–Crippen MR) is 193 cm³/mol. The van der Waals surface area contributed by atoms with Crippen molar-refractivity contribution in [3.05, 3.63) is 181 Å². The first-order valence-corrected chi connectivity index (χ1v) is 16.1. The van der Waals surface area contributed by atoms with Crippen molar-refractivity contribution in [2.75, 3.05) is 4.90 Å². The molecule has 2 unspecified atom stereocenters. The van der Waals surface area contributed by atoms with Crippen LogP contribution >= 0.6 is 0 Å². The number of fused-ring (bicyclic) bond motifs is 9. The first-order valence-electron chi connectivity index (χ1n) is 16.1. The van der Waals surface area contributed by atoms with Crippen LogP contribution in [0.1, 0.15) is 22.7 Å². The minimum Gasteiger partial charge on any atom is -0.333 e. The van der Waals surface area contributed by atoms with Crippen LogP contribution in [0.5, 0.6) is 0 Å². The Kier molecular flexibility index (Phi) is 5.44. The number of hydrogen-bond acceptors (Lipinski definition) is 1. The second-order valence-electron chi connectivity index (χ2n) is 12.4. The van der Waals surface area contributed by atoms with Crippen molar-refractivity contribution >= 4 is 49.9 Å². The molecule has 0 saturated carbocycles. The number of anilines is 2. The van der Waals surface area contributed by atoms with Gasteiger partial charge in [0.1, 0.15) is 0 Å². The van der Waals surface area contributed by atoms with E-state index in [-0.39, 0.29) is 12.0 Å². The molecule has 10 rings (SSSR count). The summed E-state index contributed by atoms with van der Waals surface area (Å²) in [5.74, 6) is 0.212. The van der Waals surface area contributed by atoms with Crippen LogP contribution in [0, 0.1) is 0 Å². The van der Waals surface area contributed by atoms with E-state index in [4.69, 9.17) is 0 Å². The average Bonchev–Trinajstić information content (AvgIpc) is 3.64. The summed E-state index contributed by atoms with van der Waals surface area (Å²) >= 11 is 0. The summed E-state index contributed by atoms with van der Waals surface area (Å²) in [6.07, 6.45) is 4.84. The Morgan fingerprint density at radius 1 is 0.478 bits per heavy atom. The Morgan fingerprint density at radius 2 is 1.04 bits per heavy atom. The molecule has 2 nitrogen and oxygen atoms in total. The van der Waals surface area contributed by atoms with Crippen LogP contribution in [0.25, 0.3) is 55.3 Å². The van der Waals surface area contributed by atoms with Gasteiger partial charge in [-0.1, -0.05) is 140 Å². The fraction of sp³-hybridized carbons (Fsp3) is 0.0455. The Morgan fingerprint density at radius 3 is 1.76 bits per heavy atom. The first-order chi connectivity index (χ1) is 22.9. The molecule has 0 bridgehead atoms. The average molecular weight is 587 g/mol. The molecular formula is C44H30N2. The van der Waals surface area contributed by atoms with Crippen LogP contribution in [-0.4, -0.2) is 10.6 Å². The summed E-state index contributed by atoms with van der Waals surface area (Å²) in [6, 6.07) is 57.8. The van der Waals surface area contributed by atoms with Crippen molar-refractivity contribution in [3.8, 4) is 16.8 Å². The summed E-state index contributed by atoms with van der Waals surface area (Å²) in [5.41, 5.74) is 11.6. The van der Waals surface area contributed by atoms with Gasteiger partial charge >= 0.3 is 0 Å². The number of nitrogens with zero attached hydrogens (tertiary/aromatic N) is 2. The number of rotatable bonds is 3. The van der Waals surface area contributed by atoms with Gasteiger partial charge < -0.3 is 9.47 Å². The highest BCUT2D eigenvalue weighted by Gasteiger charge is 2.43. The van der Waals surface area contributed by atoms with Gasteiger partial charge in [-0.15, -0.1) is 0 Å². The van der Waals surface area contributed by atoms with E-state index < -0.39 is 0 Å². The molecule has 8 aromatic rings. The maximum absolute atomic E-state index is 2.56. The lowest BCUT2D eigenvalue weighted by Gasteiger charge is -2.31. The second kappa shape index (κ2) is 9.82. The molecule has 0 N–H and O–H groups in total. The Labute approximate surface area is 268 Å². The van der Waals surface area contributed by atoms with Gasteiger partial charge in [0.05, 0.1) is 22.9 Å². The highest BCUT2D eigenvalue weighted by Crippen LogP contribution is 2.54. The number of benzene rings is 7. The zero-order valence-corrected chi connectivity index (χ0v) is 25.2. The third-order valence-electron chi connectivity index (χ3n) is 10.1. The lowest BCUT2D eigenvalue weighted by atomic mass is 9.82. The van der Waals surface area contributed by atoms with E-state index in [9.17, 15) is 0 Å². The van der Waals surface area contributed by atoms with E-state index in [0.29, 0.717) is 0 Å². The van der Waals surface area contributed by atoms with Gasteiger partial charge in [0.15, 0.2) is 0 Å². The molecule has 0 saturated heterocycles. The third kappa shape index (κ3) is 3.47. The summed E-state index contributed by atoms with van der Waals surface area (Å²) in [6.45, 7) is 0. The van der Waals surface area contributed by atoms with Gasteiger partial charge in [-0.05, 0) is 63.4 Å². The van der Waals surface area contributed by atoms with Gasteiger partial charge in [-0.3, -0.25) is 0 Å². The molecule has 0 amide bonds. The van der Waals surface area contributed by atoms with Gasteiger partial charge in [0.25, 0.3) is 0 Å². The molecular weight excluding hydrogens is 556 g/mol. The monoisotopic (exact) mass is 586 g/mol. The van der Waals surface area contributed by atoms with E-state index in [0.717, 1.165) is 0 Å². The Balaban J connectivity index is 1.31. The Hall–Kier alpha value is -5.86. The number of para-hydroxylation sites is 3. The Bertz CT molecular complexity index is 2430. The van der Waals surface area contributed by atoms with Crippen molar-refractivity contribution in [1.82, 2.24) is 4.57 Å². The minimum absolute atomic E-state index is 0.195. The van der Waals surface area contributed by atoms with Crippen LogP contribution in [0.3, 0.4) is 0 Å². The van der Waals surface area contributed by atoms with Gasteiger partial charge in [0.2, 0.25) is 0 Å². The zero-order valence-electron chi connectivity index (χ0n) is 25.2. The van der Waals surface area contributed by atoms with Crippen molar-refractivity contribution in [2.45, 2.75) is 12.0 Å². The van der Waals surface area contributed by atoms with Crippen LogP contribution in [0.2, 0.25) is 0 Å². The molecule has 2 atom stereocenters. The lowest BCUT2D eigenvalue weighted by Crippen LogP contribution is -2.30. The molecule has 7 aromatic carbocycles. The zero-order chi connectivity index (χ0) is 30.2. The molecule has 2 heterocycles. The lowest BCUT2D eigenvalue weighted by molar-refractivity contribution is 0.726. The summed E-state index contributed by atoms with van der Waals surface area (Å²) < 4.78 is 2.56. The van der Waals surface area contributed by atoms with Gasteiger partial charge in [-0.2, -0.15) is 0 Å². The highest BCUT2D eigenvalue weighted by atomic mass is 15.2. The minimum atomic E-state index is 0.195. The van der Waals surface area contributed by atoms with Crippen LogP contribution in [0.15, 0.2) is 164 Å². The van der Waals surface area contributed by atoms with E-state index in [1.54, 1.807) is 0 Å². The second-order valence-corrected chi connectivity index (χ2v) is 12.4. The van der Waals surface area contributed by atoms with E-state index in [1.165, 1.54) is 77.5 Å². The largest absolute Gasteiger partial charge is 0.333 e. The number of hydrogen-bond donors (Lipinski definition) is 0. The summed E-state index contributed by atoms with van der Waals surface area (Å²) in [5, 5.41) is 6.39. The molecule has 0 fully saturated rings. The van der Waals surface area contributed by atoms with Gasteiger partial charge in [0, 0.05) is 33.5 Å². The quantitative estimate of drug-likeness (QED) is 0.187. The van der Waals surface area contributed by atoms with Crippen LogP contribution < -0.4 is 4.90 Å². The summed E-state index contributed by atoms with van der Waals surface area (Å²) in [7, 11) is 0. The van der Waals surface area contributed by atoms with Crippen molar-refractivity contribution < 1.29 is 0 Å². The molecule has 1 aliphatic heterocycles. The fourth-order valence-corrected chi connectivity index (χ4v) is 8.36. The smallest absolute Gasteiger partial charge is 0.0637 e. The molecule has 1 aromatic heterocycles. The normalized spacial score (nSPS) is 16.6. The highest BCUT2D eigenvalue weighted by molar-refractivity contribution is 6.19. The predicted octanol–water partition coefficient (Wildman–Crippen LogP) is 11.3. The molecule has 0 radical (unpaired) electrons.